The molecule has 1 aromatic rings. The summed E-state index contributed by atoms with van der Waals surface area (Å²) in [6.45, 7) is 7.39. The van der Waals surface area contributed by atoms with Gasteiger partial charge < -0.3 is 18.9 Å². The zero-order valence-electron chi connectivity index (χ0n) is 14.1. The van der Waals surface area contributed by atoms with Crippen LogP contribution in [-0.2, 0) is 19.1 Å². The van der Waals surface area contributed by atoms with Gasteiger partial charge in [0.05, 0.1) is 12.0 Å². The van der Waals surface area contributed by atoms with Gasteiger partial charge in [-0.3, -0.25) is 9.59 Å². The highest BCUT2D eigenvalue weighted by Gasteiger charge is 2.26. The van der Waals surface area contributed by atoms with Crippen molar-refractivity contribution >= 4 is 11.9 Å². The van der Waals surface area contributed by atoms with Crippen molar-refractivity contribution in [3.05, 3.63) is 24.3 Å². The van der Waals surface area contributed by atoms with Crippen molar-refractivity contribution in [1.29, 1.82) is 0 Å². The van der Waals surface area contributed by atoms with Crippen LogP contribution in [0.15, 0.2) is 24.3 Å². The van der Waals surface area contributed by atoms with Crippen molar-refractivity contribution in [3.63, 3.8) is 0 Å². The van der Waals surface area contributed by atoms with E-state index >= 15 is 0 Å². The van der Waals surface area contributed by atoms with Crippen LogP contribution in [0.2, 0.25) is 0 Å². The lowest BCUT2D eigenvalue weighted by Gasteiger charge is -2.20. The van der Waals surface area contributed by atoms with Gasteiger partial charge in [-0.2, -0.15) is 0 Å². The maximum atomic E-state index is 11.7. The normalized spacial score (nSPS) is 11.0. The van der Waals surface area contributed by atoms with E-state index in [-0.39, 0.29) is 26.0 Å². The third-order valence-electron chi connectivity index (χ3n) is 3.27. The van der Waals surface area contributed by atoms with Gasteiger partial charge in [0.25, 0.3) is 0 Å². The van der Waals surface area contributed by atoms with Crippen LogP contribution in [0.25, 0.3) is 0 Å². The molecule has 23 heavy (non-hydrogen) atoms. The molecule has 0 N–H and O–H groups in total. The first-order valence-electron chi connectivity index (χ1n) is 7.51. The van der Waals surface area contributed by atoms with Crippen LogP contribution in [0, 0.1) is 5.41 Å². The van der Waals surface area contributed by atoms with E-state index in [4.69, 9.17) is 18.9 Å². The molecule has 0 radical (unpaired) electrons. The monoisotopic (exact) mass is 324 g/mol. The quantitative estimate of drug-likeness (QED) is 0.301. The summed E-state index contributed by atoms with van der Waals surface area (Å²) in [5, 5.41) is 0. The predicted molar refractivity (Wildman–Crippen MR) is 84.2 cm³/mol. The molecule has 1 rings (SSSR count). The van der Waals surface area contributed by atoms with Crippen molar-refractivity contribution in [1.82, 2.24) is 0 Å². The summed E-state index contributed by atoms with van der Waals surface area (Å²) in [6, 6.07) is 6.68. The van der Waals surface area contributed by atoms with Crippen LogP contribution in [0.1, 0.15) is 34.1 Å². The summed E-state index contributed by atoms with van der Waals surface area (Å²) in [5.74, 6) is 0.299. The van der Waals surface area contributed by atoms with Crippen molar-refractivity contribution in [2.45, 2.75) is 34.1 Å². The fourth-order valence-electron chi connectivity index (χ4n) is 1.50. The number of ether oxygens (including phenoxy) is 4. The molecule has 6 nitrogen and oxygen atoms in total. The molecule has 0 aromatic heterocycles. The van der Waals surface area contributed by atoms with Crippen LogP contribution in [0.5, 0.6) is 11.5 Å². The Morgan fingerprint density at radius 2 is 1.83 bits per heavy atom. The Balaban J connectivity index is 2.23. The highest BCUT2D eigenvalue weighted by atomic mass is 16.7. The van der Waals surface area contributed by atoms with Crippen molar-refractivity contribution in [2.24, 2.45) is 5.41 Å². The zero-order chi connectivity index (χ0) is 17.3. The summed E-state index contributed by atoms with van der Waals surface area (Å²) in [4.78, 5) is 22.6. The van der Waals surface area contributed by atoms with Crippen LogP contribution in [-0.4, -0.2) is 31.9 Å². The van der Waals surface area contributed by atoms with E-state index in [1.807, 2.05) is 20.8 Å². The highest BCUT2D eigenvalue weighted by molar-refractivity contribution is 5.75. The lowest BCUT2D eigenvalue weighted by atomic mass is 9.91. The third-order valence-corrected chi connectivity index (χ3v) is 3.27. The average Bonchev–Trinajstić information content (AvgIpc) is 2.50. The fourth-order valence-corrected chi connectivity index (χ4v) is 1.50. The van der Waals surface area contributed by atoms with E-state index < -0.39 is 11.4 Å². The lowest BCUT2D eigenvalue weighted by Crippen LogP contribution is -2.27. The number of benzene rings is 1. The van der Waals surface area contributed by atoms with E-state index in [1.165, 1.54) is 6.92 Å². The molecule has 128 valence electrons. The van der Waals surface area contributed by atoms with Crippen LogP contribution >= 0.6 is 0 Å². The van der Waals surface area contributed by atoms with E-state index in [0.29, 0.717) is 17.9 Å². The molecule has 0 fully saturated rings. The average molecular weight is 324 g/mol. The number of carbonyl (C=O) groups excluding carboxylic acids is 2. The van der Waals surface area contributed by atoms with Gasteiger partial charge in [0, 0.05) is 13.0 Å². The Kier molecular flexibility index (Phi) is 7.54. The van der Waals surface area contributed by atoms with Gasteiger partial charge in [0.2, 0.25) is 0 Å². The Labute approximate surface area is 136 Å². The highest BCUT2D eigenvalue weighted by Crippen LogP contribution is 2.21. The number of hydrogen-bond acceptors (Lipinski definition) is 6. The van der Waals surface area contributed by atoms with E-state index in [2.05, 4.69) is 0 Å². The van der Waals surface area contributed by atoms with Crippen molar-refractivity contribution in [3.8, 4) is 11.5 Å². The SMILES string of the molecule is CCC(C)(C)C(=O)OCCOCOc1cccc(OC(C)=O)c1. The fraction of sp³-hybridized carbons (Fsp3) is 0.529. The summed E-state index contributed by atoms with van der Waals surface area (Å²) in [7, 11) is 0. The molecule has 1 aromatic carbocycles. The Hall–Kier alpha value is -2.08. The number of rotatable bonds is 9. The van der Waals surface area contributed by atoms with Gasteiger partial charge in [-0.1, -0.05) is 13.0 Å². The summed E-state index contributed by atoms with van der Waals surface area (Å²) >= 11 is 0. The molecule has 0 spiro atoms. The molecule has 0 aliphatic carbocycles. The molecular weight excluding hydrogens is 300 g/mol. The van der Waals surface area contributed by atoms with Crippen molar-refractivity contribution in [2.75, 3.05) is 20.0 Å². The maximum absolute atomic E-state index is 11.7. The molecule has 0 bridgehead atoms. The minimum absolute atomic E-state index is 0.0121. The summed E-state index contributed by atoms with van der Waals surface area (Å²) < 4.78 is 20.7. The molecule has 0 heterocycles. The molecule has 0 saturated carbocycles. The third kappa shape index (κ3) is 7.15. The van der Waals surface area contributed by atoms with E-state index in [1.54, 1.807) is 24.3 Å². The second-order valence-corrected chi connectivity index (χ2v) is 5.61. The predicted octanol–water partition coefficient (Wildman–Crippen LogP) is 2.94. The Morgan fingerprint density at radius 3 is 2.48 bits per heavy atom. The number of hydrogen-bond donors (Lipinski definition) is 0. The first-order valence-corrected chi connectivity index (χ1v) is 7.51. The number of esters is 2. The molecule has 6 heteroatoms. The molecule has 0 unspecified atom stereocenters. The van der Waals surface area contributed by atoms with Crippen molar-refractivity contribution < 1.29 is 28.5 Å². The van der Waals surface area contributed by atoms with Gasteiger partial charge in [-0.25, -0.2) is 0 Å². The Bertz CT molecular complexity index is 524. The summed E-state index contributed by atoms with van der Waals surface area (Å²) in [6.07, 6.45) is 0.717. The zero-order valence-corrected chi connectivity index (χ0v) is 14.1. The molecule has 0 saturated heterocycles. The van der Waals surface area contributed by atoms with Crippen LogP contribution in [0.4, 0.5) is 0 Å². The minimum Gasteiger partial charge on any atom is -0.467 e. The Morgan fingerprint density at radius 1 is 1.13 bits per heavy atom. The number of carbonyl (C=O) groups is 2. The van der Waals surface area contributed by atoms with Gasteiger partial charge >= 0.3 is 11.9 Å². The van der Waals surface area contributed by atoms with Gasteiger partial charge in [-0.05, 0) is 32.4 Å². The molecule has 0 aliphatic rings. The first-order chi connectivity index (χ1) is 10.8. The second kappa shape index (κ2) is 9.15. The lowest BCUT2D eigenvalue weighted by molar-refractivity contribution is -0.156. The van der Waals surface area contributed by atoms with Gasteiger partial charge in [0.15, 0.2) is 6.79 Å². The standard InChI is InChI=1S/C17H24O6/c1-5-17(3,4)16(19)21-10-9-20-12-22-14-7-6-8-15(11-14)23-13(2)18/h6-8,11H,5,9-10,12H2,1-4H3. The van der Waals surface area contributed by atoms with Crippen LogP contribution in [0.3, 0.4) is 0 Å². The minimum atomic E-state index is -0.479. The van der Waals surface area contributed by atoms with Gasteiger partial charge in [-0.15, -0.1) is 0 Å². The maximum Gasteiger partial charge on any atom is 0.311 e. The first kappa shape index (κ1) is 19.0. The van der Waals surface area contributed by atoms with E-state index in [9.17, 15) is 9.59 Å². The molecule has 0 aliphatic heterocycles. The van der Waals surface area contributed by atoms with Crippen LogP contribution < -0.4 is 9.47 Å². The second-order valence-electron chi connectivity index (χ2n) is 5.61. The summed E-state index contributed by atoms with van der Waals surface area (Å²) in [5.41, 5.74) is -0.479. The smallest absolute Gasteiger partial charge is 0.311 e. The topological polar surface area (TPSA) is 71.1 Å². The van der Waals surface area contributed by atoms with Gasteiger partial charge in [0.1, 0.15) is 18.1 Å². The largest absolute Gasteiger partial charge is 0.467 e. The molecule has 0 atom stereocenters. The molecule has 0 amide bonds. The molecular formula is C17H24O6. The van der Waals surface area contributed by atoms with E-state index in [0.717, 1.165) is 0 Å².